The molecule has 0 radical (unpaired) electrons. The minimum Gasteiger partial charge on any atom is -0.363 e. The second-order valence-corrected chi connectivity index (χ2v) is 20.4. The first kappa shape index (κ1) is 56.0. The van der Waals surface area contributed by atoms with E-state index in [4.69, 9.17) is 27.9 Å². The van der Waals surface area contributed by atoms with Crippen molar-refractivity contribution in [3.63, 3.8) is 0 Å². The lowest BCUT2D eigenvalue weighted by molar-refractivity contribution is -0.139. The van der Waals surface area contributed by atoms with Gasteiger partial charge in [-0.25, -0.2) is 40.7 Å². The van der Waals surface area contributed by atoms with Crippen LogP contribution in [0.15, 0.2) is 117 Å². The molecule has 0 amide bonds. The first-order chi connectivity index (χ1) is 34.1. The second-order valence-electron chi connectivity index (χ2n) is 15.9. The fourth-order valence-electron chi connectivity index (χ4n) is 7.58. The van der Waals surface area contributed by atoms with Crippen LogP contribution in [0.25, 0.3) is 22.1 Å². The Morgan fingerprint density at radius 2 is 1.14 bits per heavy atom. The molecule has 8 aromatic rings. The minimum absolute atomic E-state index is 0. The number of ether oxygens (including phenoxy) is 1. The lowest BCUT2D eigenvalue weighted by Gasteiger charge is -2.26. The number of imidazole rings is 2. The Labute approximate surface area is 426 Å². The molecule has 8 rings (SSSR count). The van der Waals surface area contributed by atoms with Crippen molar-refractivity contribution in [1.82, 2.24) is 29.1 Å². The number of hydrogen-bond donors (Lipinski definition) is 3. The Bertz CT molecular complexity index is 3890. The van der Waals surface area contributed by atoms with Crippen LogP contribution in [0.3, 0.4) is 0 Å². The number of sulfonamides is 2. The highest BCUT2D eigenvalue weighted by Crippen LogP contribution is 2.37. The van der Waals surface area contributed by atoms with Gasteiger partial charge < -0.3 is 14.7 Å². The number of alkyl halides is 6. The summed E-state index contributed by atoms with van der Waals surface area (Å²) in [7, 11) is -5.22. The van der Waals surface area contributed by atoms with Crippen molar-refractivity contribution < 1.29 is 57.5 Å². The molecule has 74 heavy (non-hydrogen) atoms. The van der Waals surface area contributed by atoms with E-state index in [9.17, 15) is 62.4 Å². The highest BCUT2D eigenvalue weighted by Gasteiger charge is 2.37. The molecule has 0 aliphatic heterocycles. The average molecular weight is 1110 g/mol. The highest BCUT2D eigenvalue weighted by atomic mass is 35.5. The molecule has 4 aromatic heterocycles. The van der Waals surface area contributed by atoms with E-state index in [-0.39, 0.29) is 73.5 Å². The van der Waals surface area contributed by atoms with Crippen LogP contribution in [-0.2, 0) is 51.2 Å². The standard InChI is InChI=1S/C24H20ClF3N4O5S.C22H16ClF3N4O4S.CH4/c1-13-7-8-15(10-17(13)24(26,27)28)38(35,36)32(12-37-3)19-9-14(25)11-29-20(19)22(33)16-5-4-6-18-21(16)31(2)23(34)30-18;1-11-6-7-13(9-15(11)22(24,25)26)35(33,34)29-17-8-12(23)10-27-18(17)20(31)14-4-3-5-16-19(14)30(2)21(32)28-16;/h4-11H,12H2,1-3H3,(H,30,34);3-10,29H,1-2H3,(H,28,32);1H4. The van der Waals surface area contributed by atoms with Crippen molar-refractivity contribution >= 4 is 88.3 Å². The molecule has 4 heterocycles. The average Bonchev–Trinajstić information content (AvgIpc) is 3.78. The number of halogens is 8. The van der Waals surface area contributed by atoms with Crippen molar-refractivity contribution in [1.29, 1.82) is 0 Å². The number of aromatic nitrogens is 6. The van der Waals surface area contributed by atoms with Gasteiger partial charge in [0.05, 0.1) is 75.5 Å². The number of para-hydroxylation sites is 2. The van der Waals surface area contributed by atoms with E-state index in [0.29, 0.717) is 27.5 Å². The molecule has 4 aromatic carbocycles. The summed E-state index contributed by atoms with van der Waals surface area (Å²) >= 11 is 12.1. The van der Waals surface area contributed by atoms with Crippen LogP contribution in [0, 0.1) is 13.8 Å². The van der Waals surface area contributed by atoms with Gasteiger partial charge in [0.15, 0.2) is 0 Å². The summed E-state index contributed by atoms with van der Waals surface area (Å²) < 4.78 is 144. The number of anilines is 2. The number of carbonyl (C=O) groups excluding carboxylic acids is 2. The van der Waals surface area contributed by atoms with Gasteiger partial charge in [0, 0.05) is 33.6 Å². The third-order valence-electron chi connectivity index (χ3n) is 11.1. The Morgan fingerprint density at radius 3 is 1.62 bits per heavy atom. The fourth-order valence-corrected chi connectivity index (χ4v) is 10.4. The summed E-state index contributed by atoms with van der Waals surface area (Å²) in [5, 5.41) is -0.0635. The van der Waals surface area contributed by atoms with Crippen LogP contribution in [0.5, 0.6) is 0 Å². The van der Waals surface area contributed by atoms with Crippen LogP contribution >= 0.6 is 23.2 Å². The Morgan fingerprint density at radius 1 is 0.689 bits per heavy atom. The Balaban J connectivity index is 0.000000238. The van der Waals surface area contributed by atoms with E-state index in [2.05, 4.69) is 24.7 Å². The predicted molar refractivity (Wildman–Crippen MR) is 264 cm³/mol. The summed E-state index contributed by atoms with van der Waals surface area (Å²) in [5.41, 5.74) is -3.57. The molecule has 0 saturated carbocycles. The predicted octanol–water partition coefficient (Wildman–Crippen LogP) is 9.18. The molecular weight excluding hydrogens is 1070 g/mol. The number of hydrogen-bond acceptors (Lipinski definition) is 11. The van der Waals surface area contributed by atoms with Crippen LogP contribution in [0.2, 0.25) is 10.0 Å². The molecule has 17 nitrogen and oxygen atoms in total. The quantitative estimate of drug-likeness (QED) is 0.0593. The van der Waals surface area contributed by atoms with Crippen molar-refractivity contribution in [3.05, 3.63) is 173 Å². The first-order valence-electron chi connectivity index (χ1n) is 20.7. The molecule has 27 heteroatoms. The number of H-pyrrole nitrogens is 2. The third kappa shape index (κ3) is 11.0. The SMILES string of the molecule is C.COCN(c1cc(Cl)cnc1C(=O)c1cccc2[nH]c(=O)n(C)c12)S(=O)(=O)c1ccc(C)c(C(F)(F)F)c1.Cc1ccc(S(=O)(=O)Nc2cc(Cl)cnc2C(=O)c2cccc3[nH]c(=O)n(C)c23)cc1C(F)(F)F. The summed E-state index contributed by atoms with van der Waals surface area (Å²) in [5.74, 6) is -1.49. The highest BCUT2D eigenvalue weighted by molar-refractivity contribution is 7.93. The van der Waals surface area contributed by atoms with Gasteiger partial charge in [-0.15, -0.1) is 0 Å². The number of ketones is 2. The molecule has 3 N–H and O–H groups in total. The maximum atomic E-state index is 13.7. The van der Waals surface area contributed by atoms with Gasteiger partial charge in [0.2, 0.25) is 11.6 Å². The van der Waals surface area contributed by atoms with Crippen molar-refractivity contribution in [2.24, 2.45) is 14.1 Å². The van der Waals surface area contributed by atoms with Gasteiger partial charge >= 0.3 is 23.7 Å². The van der Waals surface area contributed by atoms with Crippen LogP contribution < -0.4 is 20.4 Å². The van der Waals surface area contributed by atoms with Gasteiger partial charge in [-0.3, -0.25) is 23.4 Å². The summed E-state index contributed by atoms with van der Waals surface area (Å²) in [6.45, 7) is 1.74. The normalized spacial score (nSPS) is 12.0. The summed E-state index contributed by atoms with van der Waals surface area (Å²) in [4.78, 5) is 63.1. The zero-order chi connectivity index (χ0) is 53.7. The smallest absolute Gasteiger partial charge is 0.363 e. The van der Waals surface area contributed by atoms with E-state index in [1.807, 2.05) is 0 Å². The lowest BCUT2D eigenvalue weighted by atomic mass is 10.0. The maximum Gasteiger partial charge on any atom is 0.416 e. The van der Waals surface area contributed by atoms with E-state index < -0.39 is 83.0 Å². The molecule has 0 aliphatic carbocycles. The van der Waals surface area contributed by atoms with Crippen molar-refractivity contribution in [2.75, 3.05) is 22.9 Å². The fraction of sp³-hybridized carbons (Fsp3) is 0.191. The molecule has 0 saturated heterocycles. The molecule has 390 valence electrons. The number of carbonyl (C=O) groups is 2. The number of benzene rings is 4. The van der Waals surface area contributed by atoms with Gasteiger partial charge in [-0.05, 0) is 85.6 Å². The molecule has 0 bridgehead atoms. The van der Waals surface area contributed by atoms with Gasteiger partial charge in [-0.1, -0.05) is 54.9 Å². The molecule has 0 spiro atoms. The monoisotopic (exact) mass is 1110 g/mol. The van der Waals surface area contributed by atoms with Crippen molar-refractivity contribution in [2.45, 2.75) is 43.4 Å². The van der Waals surface area contributed by atoms with Crippen LogP contribution in [0.4, 0.5) is 37.7 Å². The summed E-state index contributed by atoms with van der Waals surface area (Å²) in [6, 6.07) is 16.5. The van der Waals surface area contributed by atoms with Gasteiger partial charge in [0.25, 0.3) is 20.0 Å². The topological polar surface area (TPSA) is 228 Å². The van der Waals surface area contributed by atoms with E-state index in [1.54, 1.807) is 12.1 Å². The summed E-state index contributed by atoms with van der Waals surface area (Å²) in [6.07, 6.45) is -7.32. The van der Waals surface area contributed by atoms with Crippen LogP contribution in [0.1, 0.15) is 61.8 Å². The van der Waals surface area contributed by atoms with E-state index in [0.717, 1.165) is 48.8 Å². The number of pyridine rings is 2. The Hall–Kier alpha value is -7.32. The lowest BCUT2D eigenvalue weighted by Crippen LogP contribution is -2.34. The van der Waals surface area contributed by atoms with E-state index >= 15 is 0 Å². The number of fused-ring (bicyclic) bond motifs is 2. The second kappa shape index (κ2) is 20.9. The van der Waals surface area contributed by atoms with E-state index in [1.165, 1.54) is 68.5 Å². The molecule has 0 atom stereocenters. The number of aromatic amines is 2. The molecular formula is C47H40Cl2F6N8O9S2. The maximum absolute atomic E-state index is 13.7. The number of methoxy groups -OCH3 is 1. The zero-order valence-corrected chi connectivity index (χ0v) is 41.3. The number of rotatable bonds is 12. The van der Waals surface area contributed by atoms with Gasteiger partial charge in [0.1, 0.15) is 18.1 Å². The minimum atomic E-state index is -4.80. The van der Waals surface area contributed by atoms with Crippen LogP contribution in [-0.4, -0.2) is 71.3 Å². The largest absolute Gasteiger partial charge is 0.416 e. The molecule has 0 unspecified atom stereocenters. The van der Waals surface area contributed by atoms with Crippen molar-refractivity contribution in [3.8, 4) is 0 Å². The zero-order valence-electron chi connectivity index (χ0n) is 38.2. The Kier molecular flexibility index (Phi) is 15.8. The third-order valence-corrected chi connectivity index (χ3v) is 14.6. The number of nitrogens with one attached hydrogen (secondary N) is 3. The molecule has 0 fully saturated rings. The molecule has 0 aliphatic rings. The van der Waals surface area contributed by atoms with Gasteiger partial charge in [-0.2, -0.15) is 26.3 Å². The number of nitrogens with zero attached hydrogens (tertiary/aromatic N) is 5. The first-order valence-corrected chi connectivity index (χ1v) is 24.4. The number of aryl methyl sites for hydroxylation is 4.